The van der Waals surface area contributed by atoms with E-state index in [0.717, 1.165) is 0 Å². The largest absolute Gasteiger partial charge is 0.198 e. The summed E-state index contributed by atoms with van der Waals surface area (Å²) in [5, 5.41) is 26.5. The van der Waals surface area contributed by atoms with Gasteiger partial charge in [0.15, 0.2) is 0 Å². The Morgan fingerprint density at radius 1 is 1.27 bits per heavy atom. The summed E-state index contributed by atoms with van der Waals surface area (Å²) >= 11 is 0. The second-order valence-electron chi connectivity index (χ2n) is 3.64. The van der Waals surface area contributed by atoms with Crippen LogP contribution in [0.4, 0.5) is 0 Å². The van der Waals surface area contributed by atoms with Crippen LogP contribution < -0.4 is 0 Å². The molecule has 0 fully saturated rings. The summed E-state index contributed by atoms with van der Waals surface area (Å²) in [4.78, 5) is 0. The van der Waals surface area contributed by atoms with E-state index in [0.29, 0.717) is 12.0 Å². The second-order valence-corrected chi connectivity index (χ2v) is 3.64. The van der Waals surface area contributed by atoms with Gasteiger partial charge in [-0.1, -0.05) is 19.9 Å². The Labute approximate surface area is 91.2 Å². The molecule has 0 rings (SSSR count). The lowest BCUT2D eigenvalue weighted by Gasteiger charge is -2.21. The number of nitriles is 3. The van der Waals surface area contributed by atoms with Gasteiger partial charge in [-0.3, -0.25) is 0 Å². The van der Waals surface area contributed by atoms with Crippen LogP contribution in [0.5, 0.6) is 0 Å². The SMILES string of the molecule is CC=C(C#N)C(C)C(C#N)C(C)CC#N. The molecule has 0 radical (unpaired) electrons. The fourth-order valence-corrected chi connectivity index (χ4v) is 1.63. The van der Waals surface area contributed by atoms with Crippen molar-refractivity contribution in [2.75, 3.05) is 0 Å². The normalized spacial score (nSPS) is 16.7. The van der Waals surface area contributed by atoms with Crippen LogP contribution in [-0.4, -0.2) is 0 Å². The van der Waals surface area contributed by atoms with E-state index >= 15 is 0 Å². The minimum atomic E-state index is -0.268. The molecule has 0 saturated carbocycles. The van der Waals surface area contributed by atoms with Crippen molar-refractivity contribution in [3.8, 4) is 18.2 Å². The highest BCUT2D eigenvalue weighted by atomic mass is 14.4. The lowest BCUT2D eigenvalue weighted by Crippen LogP contribution is -2.19. The zero-order chi connectivity index (χ0) is 11.8. The van der Waals surface area contributed by atoms with Gasteiger partial charge in [0.05, 0.1) is 24.1 Å². The van der Waals surface area contributed by atoms with Crippen LogP contribution in [0.1, 0.15) is 27.2 Å². The summed E-state index contributed by atoms with van der Waals surface area (Å²) in [5.41, 5.74) is 0.617. The van der Waals surface area contributed by atoms with E-state index < -0.39 is 0 Å². The highest BCUT2D eigenvalue weighted by Gasteiger charge is 2.25. The van der Waals surface area contributed by atoms with E-state index in [2.05, 4.69) is 18.2 Å². The minimum absolute atomic E-state index is 0.00157. The molecule has 3 unspecified atom stereocenters. The van der Waals surface area contributed by atoms with Crippen molar-refractivity contribution < 1.29 is 0 Å². The quantitative estimate of drug-likeness (QED) is 0.656. The monoisotopic (exact) mass is 201 g/mol. The molecule has 3 atom stereocenters. The molecule has 0 heterocycles. The van der Waals surface area contributed by atoms with E-state index in [1.165, 1.54) is 0 Å². The molecular formula is C12H15N3. The molecule has 3 nitrogen and oxygen atoms in total. The van der Waals surface area contributed by atoms with Crippen molar-refractivity contribution >= 4 is 0 Å². The first-order valence-electron chi connectivity index (χ1n) is 4.95. The summed E-state index contributed by atoms with van der Waals surface area (Å²) < 4.78 is 0. The first-order chi connectivity index (χ1) is 7.12. The van der Waals surface area contributed by atoms with Gasteiger partial charge in [-0.15, -0.1) is 0 Å². The fraction of sp³-hybridized carbons (Fsp3) is 0.583. The zero-order valence-corrected chi connectivity index (χ0v) is 9.36. The van der Waals surface area contributed by atoms with Gasteiger partial charge in [-0.05, 0) is 12.8 Å². The maximum absolute atomic E-state index is 9.04. The van der Waals surface area contributed by atoms with Crippen LogP contribution in [0.25, 0.3) is 0 Å². The highest BCUT2D eigenvalue weighted by molar-refractivity contribution is 5.25. The Kier molecular flexibility index (Phi) is 5.84. The van der Waals surface area contributed by atoms with Crippen molar-refractivity contribution in [2.45, 2.75) is 27.2 Å². The second kappa shape index (κ2) is 6.63. The summed E-state index contributed by atoms with van der Waals surface area (Å²) in [5.74, 6) is -0.373. The molecular weight excluding hydrogens is 186 g/mol. The molecule has 15 heavy (non-hydrogen) atoms. The molecule has 0 aliphatic heterocycles. The Morgan fingerprint density at radius 2 is 1.87 bits per heavy atom. The molecule has 0 aliphatic rings. The van der Waals surface area contributed by atoms with Crippen molar-refractivity contribution in [3.05, 3.63) is 11.6 Å². The van der Waals surface area contributed by atoms with Crippen molar-refractivity contribution in [1.82, 2.24) is 0 Å². The molecule has 0 amide bonds. The number of rotatable bonds is 4. The zero-order valence-electron chi connectivity index (χ0n) is 9.36. The van der Waals surface area contributed by atoms with E-state index in [1.807, 2.05) is 13.8 Å². The Bertz CT molecular complexity index is 349. The van der Waals surface area contributed by atoms with Crippen molar-refractivity contribution in [1.29, 1.82) is 15.8 Å². The molecule has 0 spiro atoms. The number of hydrogen-bond donors (Lipinski definition) is 0. The molecule has 0 aliphatic carbocycles. The van der Waals surface area contributed by atoms with Crippen LogP contribution >= 0.6 is 0 Å². The lowest BCUT2D eigenvalue weighted by atomic mass is 9.79. The predicted molar refractivity (Wildman–Crippen MR) is 57.0 cm³/mol. The minimum Gasteiger partial charge on any atom is -0.198 e. The molecule has 3 heteroatoms. The molecule has 0 aromatic rings. The first-order valence-corrected chi connectivity index (χ1v) is 4.95. The summed E-state index contributed by atoms with van der Waals surface area (Å²) in [6, 6.07) is 6.34. The van der Waals surface area contributed by atoms with Gasteiger partial charge in [-0.2, -0.15) is 15.8 Å². The third kappa shape index (κ3) is 3.45. The lowest BCUT2D eigenvalue weighted by molar-refractivity contribution is 0.366. The first kappa shape index (κ1) is 13.2. The van der Waals surface area contributed by atoms with Gasteiger partial charge < -0.3 is 0 Å². The Morgan fingerprint density at radius 3 is 2.20 bits per heavy atom. The van der Waals surface area contributed by atoms with Crippen LogP contribution in [-0.2, 0) is 0 Å². The van der Waals surface area contributed by atoms with E-state index in [4.69, 9.17) is 15.8 Å². The fourth-order valence-electron chi connectivity index (χ4n) is 1.63. The Hall–Kier alpha value is -1.79. The highest BCUT2D eigenvalue weighted by Crippen LogP contribution is 2.27. The number of nitrogens with zero attached hydrogens (tertiary/aromatic N) is 3. The third-order valence-electron chi connectivity index (χ3n) is 2.64. The van der Waals surface area contributed by atoms with Crippen molar-refractivity contribution in [3.63, 3.8) is 0 Å². The Balaban J connectivity index is 4.80. The smallest absolute Gasteiger partial charge is 0.0946 e. The van der Waals surface area contributed by atoms with Gasteiger partial charge in [0.25, 0.3) is 0 Å². The number of hydrogen-bond acceptors (Lipinski definition) is 3. The maximum atomic E-state index is 9.04. The van der Waals surface area contributed by atoms with Gasteiger partial charge in [-0.25, -0.2) is 0 Å². The van der Waals surface area contributed by atoms with E-state index in [9.17, 15) is 0 Å². The van der Waals surface area contributed by atoms with E-state index in [1.54, 1.807) is 13.0 Å². The van der Waals surface area contributed by atoms with Gasteiger partial charge in [0.2, 0.25) is 0 Å². The molecule has 78 valence electrons. The van der Waals surface area contributed by atoms with Gasteiger partial charge in [0, 0.05) is 17.9 Å². The standard InChI is InChI=1S/C12H15N3/c1-4-11(7-14)10(3)12(8-15)9(2)5-6-13/h4,9-10,12H,5H2,1-3H3. The average Bonchev–Trinajstić information content (AvgIpc) is 2.21. The maximum Gasteiger partial charge on any atom is 0.0946 e. The van der Waals surface area contributed by atoms with Crippen LogP contribution in [0.3, 0.4) is 0 Å². The van der Waals surface area contributed by atoms with Gasteiger partial charge in [0.1, 0.15) is 0 Å². The summed E-state index contributed by atoms with van der Waals surface area (Å²) in [6.45, 7) is 5.52. The molecule has 0 saturated heterocycles. The average molecular weight is 201 g/mol. The molecule has 0 N–H and O–H groups in total. The van der Waals surface area contributed by atoms with Crippen LogP contribution in [0, 0.1) is 51.7 Å². The predicted octanol–water partition coefficient (Wildman–Crippen LogP) is 2.78. The van der Waals surface area contributed by atoms with Gasteiger partial charge >= 0.3 is 0 Å². The molecule has 0 aromatic carbocycles. The van der Waals surface area contributed by atoms with Crippen molar-refractivity contribution in [2.24, 2.45) is 17.8 Å². The van der Waals surface area contributed by atoms with Crippen LogP contribution in [0.15, 0.2) is 11.6 Å². The van der Waals surface area contributed by atoms with Crippen LogP contribution in [0.2, 0.25) is 0 Å². The molecule has 0 bridgehead atoms. The third-order valence-corrected chi connectivity index (χ3v) is 2.64. The summed E-state index contributed by atoms with van der Waals surface area (Å²) in [6.07, 6.45) is 2.08. The topological polar surface area (TPSA) is 71.4 Å². The summed E-state index contributed by atoms with van der Waals surface area (Å²) in [7, 11) is 0. The van der Waals surface area contributed by atoms with E-state index in [-0.39, 0.29) is 17.8 Å². The number of allylic oxidation sites excluding steroid dienone is 2. The molecule has 0 aromatic heterocycles.